The van der Waals surface area contributed by atoms with Crippen molar-refractivity contribution >= 4 is 37.6 Å². The van der Waals surface area contributed by atoms with Gasteiger partial charge in [0, 0.05) is 56.2 Å². The lowest BCUT2D eigenvalue weighted by molar-refractivity contribution is -0.151. The van der Waals surface area contributed by atoms with E-state index in [1.54, 1.807) is 12.0 Å². The summed E-state index contributed by atoms with van der Waals surface area (Å²) >= 11 is 0. The van der Waals surface area contributed by atoms with Gasteiger partial charge in [0.15, 0.2) is 6.10 Å². The van der Waals surface area contributed by atoms with Crippen molar-refractivity contribution in [3.8, 4) is 0 Å². The van der Waals surface area contributed by atoms with Gasteiger partial charge in [-0.25, -0.2) is 9.78 Å². The Hall–Kier alpha value is -2.22. The summed E-state index contributed by atoms with van der Waals surface area (Å²) in [6, 6.07) is 2.01. The van der Waals surface area contributed by atoms with Crippen LogP contribution >= 0.6 is 9.24 Å². The van der Waals surface area contributed by atoms with Crippen LogP contribution in [0.2, 0.25) is 0 Å². The summed E-state index contributed by atoms with van der Waals surface area (Å²) in [7, 11) is 4.54. The van der Waals surface area contributed by atoms with E-state index in [9.17, 15) is 9.59 Å². The summed E-state index contributed by atoms with van der Waals surface area (Å²) in [6.07, 6.45) is 6.59. The van der Waals surface area contributed by atoms with Crippen molar-refractivity contribution < 1.29 is 23.8 Å². The Morgan fingerprint density at radius 1 is 1.28 bits per heavy atom. The van der Waals surface area contributed by atoms with E-state index in [2.05, 4.69) is 31.9 Å². The fourth-order valence-electron chi connectivity index (χ4n) is 4.88. The van der Waals surface area contributed by atoms with Gasteiger partial charge in [-0.1, -0.05) is 0 Å². The number of aromatic nitrogens is 2. The van der Waals surface area contributed by atoms with E-state index in [-0.39, 0.29) is 30.6 Å². The molecule has 4 rings (SSSR count). The fourth-order valence-corrected chi connectivity index (χ4v) is 5.27. The normalized spacial score (nSPS) is 19.1. The van der Waals surface area contributed by atoms with Crippen molar-refractivity contribution in [1.29, 1.82) is 0 Å². The molecule has 2 unspecified atom stereocenters. The van der Waals surface area contributed by atoms with E-state index in [4.69, 9.17) is 14.2 Å². The standard InChI is InChI=1S/C26H39N4O5P/c1-17(2)35-26(32)29-12-14-34-21(16-29)25(31)30(19-7-8-19)18(3)20-15-28(11-5-6-13-33-4)24-23(20)22(36)9-10-27-24/h9-10,15,17-19,21H,5-8,11-14,16,36H2,1-4H3/t18?,21-/m1/s1. The molecular weight excluding hydrogens is 479 g/mol. The molecule has 1 aliphatic heterocycles. The molecule has 1 aliphatic carbocycles. The number of unbranched alkanes of at least 4 members (excludes halogenated alkanes) is 1. The molecule has 3 atom stereocenters. The van der Waals surface area contributed by atoms with Crippen molar-refractivity contribution in [2.75, 3.05) is 33.4 Å². The number of methoxy groups -OCH3 is 1. The maximum Gasteiger partial charge on any atom is 0.410 e. The first kappa shape index (κ1) is 26.8. The molecule has 1 saturated heterocycles. The Bertz CT molecular complexity index is 1070. The van der Waals surface area contributed by atoms with Gasteiger partial charge in [0.25, 0.3) is 5.91 Å². The molecule has 2 aromatic heterocycles. The summed E-state index contributed by atoms with van der Waals surface area (Å²) < 4.78 is 18.6. The van der Waals surface area contributed by atoms with Crippen LogP contribution < -0.4 is 5.30 Å². The summed E-state index contributed by atoms with van der Waals surface area (Å²) in [5.74, 6) is -0.0674. The van der Waals surface area contributed by atoms with E-state index in [0.717, 1.165) is 60.7 Å². The van der Waals surface area contributed by atoms with Crippen LogP contribution in [0.4, 0.5) is 4.79 Å². The third kappa shape index (κ3) is 6.01. The maximum absolute atomic E-state index is 13.8. The fraction of sp³-hybridized carbons (Fsp3) is 0.654. The number of rotatable bonds is 10. The summed E-state index contributed by atoms with van der Waals surface area (Å²) in [5, 5.41) is 2.14. The predicted molar refractivity (Wildman–Crippen MR) is 141 cm³/mol. The van der Waals surface area contributed by atoms with Gasteiger partial charge >= 0.3 is 6.09 Å². The number of ether oxygens (including phenoxy) is 3. The Morgan fingerprint density at radius 2 is 2.06 bits per heavy atom. The number of fused-ring (bicyclic) bond motifs is 1. The molecule has 0 spiro atoms. The van der Waals surface area contributed by atoms with Gasteiger partial charge in [0.2, 0.25) is 0 Å². The largest absolute Gasteiger partial charge is 0.447 e. The molecule has 2 fully saturated rings. The minimum atomic E-state index is -0.697. The number of hydrogen-bond donors (Lipinski definition) is 0. The topological polar surface area (TPSA) is 86.1 Å². The molecule has 2 amide bonds. The number of morpholine rings is 1. The van der Waals surface area contributed by atoms with E-state index < -0.39 is 12.2 Å². The van der Waals surface area contributed by atoms with Crippen LogP contribution in [0.25, 0.3) is 11.0 Å². The van der Waals surface area contributed by atoms with Gasteiger partial charge in [0.05, 0.1) is 25.3 Å². The molecule has 2 aliphatic rings. The number of pyridine rings is 1. The highest BCUT2D eigenvalue weighted by Crippen LogP contribution is 2.38. The summed E-state index contributed by atoms with van der Waals surface area (Å²) in [4.78, 5) is 34.5. The Labute approximate surface area is 215 Å². The third-order valence-corrected chi connectivity index (χ3v) is 7.30. The van der Waals surface area contributed by atoms with Crippen molar-refractivity contribution in [1.82, 2.24) is 19.4 Å². The van der Waals surface area contributed by atoms with Gasteiger partial charge in [0.1, 0.15) is 5.65 Å². The average Bonchev–Trinajstić information content (AvgIpc) is 3.61. The highest BCUT2D eigenvalue weighted by Gasteiger charge is 2.42. The number of carbonyl (C=O) groups is 2. The number of nitrogens with zero attached hydrogens (tertiary/aromatic N) is 4. The molecule has 2 aromatic rings. The number of aryl methyl sites for hydroxylation is 1. The zero-order valence-electron chi connectivity index (χ0n) is 21.8. The second-order valence-electron chi connectivity index (χ2n) is 9.97. The predicted octanol–water partition coefficient (Wildman–Crippen LogP) is 3.26. The lowest BCUT2D eigenvalue weighted by Crippen LogP contribution is -2.53. The monoisotopic (exact) mass is 518 g/mol. The number of carbonyl (C=O) groups excluding carboxylic acids is 2. The minimum absolute atomic E-state index is 0.0674. The highest BCUT2D eigenvalue weighted by atomic mass is 31.0. The Morgan fingerprint density at radius 3 is 2.75 bits per heavy atom. The lowest BCUT2D eigenvalue weighted by Gasteiger charge is -2.37. The summed E-state index contributed by atoms with van der Waals surface area (Å²) in [6.45, 7) is 8.25. The summed E-state index contributed by atoms with van der Waals surface area (Å²) in [5.41, 5.74) is 2.02. The molecule has 198 valence electrons. The van der Waals surface area contributed by atoms with E-state index >= 15 is 0 Å². The molecule has 0 N–H and O–H groups in total. The van der Waals surface area contributed by atoms with Crippen LogP contribution in [0.5, 0.6) is 0 Å². The molecule has 10 heteroatoms. The van der Waals surface area contributed by atoms with Crippen LogP contribution in [0, 0.1) is 0 Å². The number of hydrogen-bond acceptors (Lipinski definition) is 6. The van der Waals surface area contributed by atoms with Crippen LogP contribution in [-0.4, -0.2) is 83.0 Å². The molecule has 0 bridgehead atoms. The molecule has 36 heavy (non-hydrogen) atoms. The lowest BCUT2D eigenvalue weighted by atomic mass is 10.1. The molecule has 0 aromatic carbocycles. The van der Waals surface area contributed by atoms with E-state index in [1.165, 1.54) is 0 Å². The first-order chi connectivity index (χ1) is 17.3. The molecule has 9 nitrogen and oxygen atoms in total. The van der Waals surface area contributed by atoms with Gasteiger partial charge < -0.3 is 28.6 Å². The average molecular weight is 519 g/mol. The van der Waals surface area contributed by atoms with Gasteiger partial charge in [-0.05, 0) is 57.8 Å². The quantitative estimate of drug-likeness (QED) is 0.355. The van der Waals surface area contributed by atoms with Crippen LogP contribution in [0.1, 0.15) is 58.1 Å². The van der Waals surface area contributed by atoms with Gasteiger partial charge in [-0.3, -0.25) is 4.79 Å². The third-order valence-electron chi connectivity index (χ3n) is 6.82. The van der Waals surface area contributed by atoms with Crippen molar-refractivity contribution in [2.24, 2.45) is 0 Å². The minimum Gasteiger partial charge on any atom is -0.447 e. The zero-order valence-corrected chi connectivity index (χ0v) is 23.0. The van der Waals surface area contributed by atoms with Crippen LogP contribution in [0.3, 0.4) is 0 Å². The van der Waals surface area contributed by atoms with Crippen LogP contribution in [-0.2, 0) is 25.5 Å². The van der Waals surface area contributed by atoms with Crippen molar-refractivity contribution in [2.45, 2.75) is 77.3 Å². The first-order valence-corrected chi connectivity index (χ1v) is 13.5. The zero-order chi connectivity index (χ0) is 25.8. The molecule has 0 radical (unpaired) electrons. The Balaban J connectivity index is 1.57. The van der Waals surface area contributed by atoms with Gasteiger partial charge in [-0.2, -0.15) is 0 Å². The van der Waals surface area contributed by atoms with E-state index in [0.29, 0.717) is 13.2 Å². The van der Waals surface area contributed by atoms with E-state index in [1.807, 2.05) is 31.0 Å². The molecule has 1 saturated carbocycles. The Kier molecular flexibility index (Phi) is 8.86. The van der Waals surface area contributed by atoms with Crippen molar-refractivity contribution in [3.63, 3.8) is 0 Å². The highest BCUT2D eigenvalue weighted by molar-refractivity contribution is 7.28. The molecule has 3 heterocycles. The molecular formula is C26H39N4O5P. The number of amides is 2. The SMILES string of the molecule is COCCCCn1cc(C(C)N(C(=O)[C@H]2CN(C(=O)OC(C)C)CCO2)C2CC2)c2c(P)ccnc21. The van der Waals surface area contributed by atoms with Gasteiger partial charge in [-0.15, -0.1) is 9.24 Å². The van der Waals surface area contributed by atoms with Crippen molar-refractivity contribution in [3.05, 3.63) is 24.0 Å². The second kappa shape index (κ2) is 11.9. The van der Waals surface area contributed by atoms with Crippen LogP contribution in [0.15, 0.2) is 18.5 Å². The first-order valence-electron chi connectivity index (χ1n) is 12.9. The smallest absolute Gasteiger partial charge is 0.410 e. The maximum atomic E-state index is 13.8. The second-order valence-corrected chi connectivity index (χ2v) is 10.6.